The standard InChI is InChI=1S/C25H24Cl2N6O2/c26-20-2-1-3-21(27)24(20)33-16-29-22-14-23(28-15-19(22)25(33)35)30-17-4-6-18(7-5-17)32-10-8-31(9-11-32)12-13-34/h1-7,14-16,34H,8-13H2,(H,28,30). The first kappa shape index (κ1) is 23.6. The maximum atomic E-state index is 13.1. The Labute approximate surface area is 212 Å². The van der Waals surface area contributed by atoms with E-state index in [4.69, 9.17) is 28.3 Å². The molecule has 1 aliphatic rings. The molecule has 3 heterocycles. The molecule has 35 heavy (non-hydrogen) atoms. The van der Waals surface area contributed by atoms with Crippen LogP contribution in [0.15, 0.2) is 65.8 Å². The third kappa shape index (κ3) is 4.97. The van der Waals surface area contributed by atoms with E-state index >= 15 is 0 Å². The molecule has 2 aromatic heterocycles. The SMILES string of the molecule is O=c1c2cnc(Nc3ccc(N4CCN(CCO)CC4)cc3)cc2ncn1-c1c(Cl)cccc1Cl. The van der Waals surface area contributed by atoms with E-state index in [0.717, 1.165) is 44.1 Å². The zero-order chi connectivity index (χ0) is 24.4. The number of fused-ring (bicyclic) bond motifs is 1. The first-order chi connectivity index (χ1) is 17.0. The number of aromatic nitrogens is 3. The molecule has 2 aromatic carbocycles. The first-order valence-electron chi connectivity index (χ1n) is 11.3. The normalized spacial score (nSPS) is 14.4. The van der Waals surface area contributed by atoms with Crippen LogP contribution < -0.4 is 15.8 Å². The second kappa shape index (κ2) is 10.2. The number of benzene rings is 2. The van der Waals surface area contributed by atoms with Crippen molar-refractivity contribution in [3.8, 4) is 5.69 Å². The Morgan fingerprint density at radius 3 is 2.37 bits per heavy atom. The molecule has 8 nitrogen and oxygen atoms in total. The number of hydrogen-bond donors (Lipinski definition) is 2. The summed E-state index contributed by atoms with van der Waals surface area (Å²) in [5, 5.41) is 13.5. The Balaban J connectivity index is 1.33. The number of β-amino-alcohol motifs (C(OH)–C–C–N with tert-alkyl or cyclic N) is 1. The van der Waals surface area contributed by atoms with E-state index in [1.54, 1.807) is 24.3 Å². The zero-order valence-electron chi connectivity index (χ0n) is 18.9. The maximum Gasteiger partial charge on any atom is 0.267 e. The fourth-order valence-corrected chi connectivity index (χ4v) is 4.82. The van der Waals surface area contributed by atoms with Crippen molar-refractivity contribution < 1.29 is 5.11 Å². The molecule has 4 aromatic rings. The van der Waals surface area contributed by atoms with Crippen molar-refractivity contribution in [3.63, 3.8) is 0 Å². The Bertz CT molecular complexity index is 1380. The second-order valence-electron chi connectivity index (χ2n) is 8.30. The van der Waals surface area contributed by atoms with Gasteiger partial charge in [0.1, 0.15) is 12.1 Å². The van der Waals surface area contributed by atoms with Crippen LogP contribution in [0.2, 0.25) is 10.0 Å². The highest BCUT2D eigenvalue weighted by Gasteiger charge is 2.17. The first-order valence-corrected chi connectivity index (χ1v) is 12.1. The average molecular weight is 511 g/mol. The Morgan fingerprint density at radius 2 is 1.69 bits per heavy atom. The van der Waals surface area contributed by atoms with Crippen molar-refractivity contribution >= 4 is 51.3 Å². The summed E-state index contributed by atoms with van der Waals surface area (Å²) in [6.07, 6.45) is 2.94. The summed E-state index contributed by atoms with van der Waals surface area (Å²) in [7, 11) is 0. The van der Waals surface area contributed by atoms with Crippen LogP contribution in [-0.2, 0) is 0 Å². The molecule has 10 heteroatoms. The van der Waals surface area contributed by atoms with Crippen molar-refractivity contribution in [2.45, 2.75) is 0 Å². The molecule has 0 radical (unpaired) electrons. The van der Waals surface area contributed by atoms with Crippen LogP contribution in [0.5, 0.6) is 0 Å². The van der Waals surface area contributed by atoms with Gasteiger partial charge in [-0.3, -0.25) is 14.3 Å². The number of nitrogens with one attached hydrogen (secondary N) is 1. The summed E-state index contributed by atoms with van der Waals surface area (Å²) >= 11 is 12.5. The van der Waals surface area contributed by atoms with Gasteiger partial charge in [-0.15, -0.1) is 0 Å². The highest BCUT2D eigenvalue weighted by atomic mass is 35.5. The fourth-order valence-electron chi connectivity index (χ4n) is 4.24. The van der Waals surface area contributed by atoms with E-state index < -0.39 is 0 Å². The number of nitrogens with zero attached hydrogens (tertiary/aromatic N) is 5. The number of aliphatic hydroxyl groups is 1. The lowest BCUT2D eigenvalue weighted by atomic mass is 10.2. The van der Waals surface area contributed by atoms with Crippen LogP contribution in [-0.4, -0.2) is 63.9 Å². The number of aliphatic hydroxyl groups excluding tert-OH is 1. The number of halogens is 2. The van der Waals surface area contributed by atoms with E-state index in [-0.39, 0.29) is 12.2 Å². The van der Waals surface area contributed by atoms with Gasteiger partial charge in [0.25, 0.3) is 5.56 Å². The quantitative estimate of drug-likeness (QED) is 0.406. The summed E-state index contributed by atoms with van der Waals surface area (Å²) in [6, 6.07) is 15.0. The summed E-state index contributed by atoms with van der Waals surface area (Å²) in [5.74, 6) is 0.586. The van der Waals surface area contributed by atoms with Gasteiger partial charge in [0.05, 0.1) is 33.2 Å². The van der Waals surface area contributed by atoms with Crippen LogP contribution in [0.1, 0.15) is 0 Å². The fraction of sp³-hybridized carbons (Fsp3) is 0.240. The lowest BCUT2D eigenvalue weighted by Crippen LogP contribution is -2.47. The van der Waals surface area contributed by atoms with Gasteiger partial charge in [0.15, 0.2) is 0 Å². The number of piperazine rings is 1. The van der Waals surface area contributed by atoms with Crippen molar-refractivity contribution in [2.75, 3.05) is 49.5 Å². The van der Waals surface area contributed by atoms with Crippen LogP contribution in [0.25, 0.3) is 16.6 Å². The minimum absolute atomic E-state index is 0.199. The van der Waals surface area contributed by atoms with Gasteiger partial charge in [-0.2, -0.15) is 0 Å². The predicted octanol–water partition coefficient (Wildman–Crippen LogP) is 3.95. The van der Waals surface area contributed by atoms with Crippen molar-refractivity contribution in [3.05, 3.63) is 81.5 Å². The van der Waals surface area contributed by atoms with Gasteiger partial charge in [-0.05, 0) is 36.4 Å². The van der Waals surface area contributed by atoms with Gasteiger partial charge in [0, 0.05) is 56.4 Å². The molecule has 0 spiro atoms. The monoisotopic (exact) mass is 510 g/mol. The molecular formula is C25H24Cl2N6O2. The van der Waals surface area contributed by atoms with Gasteiger partial charge in [-0.25, -0.2) is 9.97 Å². The van der Waals surface area contributed by atoms with Crippen molar-refractivity contribution in [1.29, 1.82) is 0 Å². The summed E-state index contributed by atoms with van der Waals surface area (Å²) in [6.45, 7) is 4.68. The van der Waals surface area contributed by atoms with Crippen LogP contribution in [0.4, 0.5) is 17.2 Å². The van der Waals surface area contributed by atoms with Crippen LogP contribution in [0.3, 0.4) is 0 Å². The molecule has 5 rings (SSSR count). The molecule has 1 saturated heterocycles. The number of rotatable bonds is 6. The van der Waals surface area contributed by atoms with E-state index in [0.29, 0.717) is 32.5 Å². The Morgan fingerprint density at radius 1 is 0.971 bits per heavy atom. The highest BCUT2D eigenvalue weighted by Crippen LogP contribution is 2.28. The summed E-state index contributed by atoms with van der Waals surface area (Å²) < 4.78 is 1.34. The summed E-state index contributed by atoms with van der Waals surface area (Å²) in [5.41, 5.74) is 2.66. The molecule has 180 valence electrons. The van der Waals surface area contributed by atoms with E-state index in [1.807, 2.05) is 12.1 Å². The Kier molecular flexibility index (Phi) is 6.88. The van der Waals surface area contributed by atoms with E-state index in [2.05, 4.69) is 37.2 Å². The number of hydrogen-bond acceptors (Lipinski definition) is 7. The molecular weight excluding hydrogens is 487 g/mol. The maximum absolute atomic E-state index is 13.1. The lowest BCUT2D eigenvalue weighted by Gasteiger charge is -2.35. The molecule has 0 amide bonds. The van der Waals surface area contributed by atoms with Gasteiger partial charge < -0.3 is 15.3 Å². The molecule has 0 aliphatic carbocycles. The smallest absolute Gasteiger partial charge is 0.267 e. The third-order valence-electron chi connectivity index (χ3n) is 6.12. The predicted molar refractivity (Wildman–Crippen MR) is 141 cm³/mol. The van der Waals surface area contributed by atoms with Gasteiger partial charge >= 0.3 is 0 Å². The lowest BCUT2D eigenvalue weighted by molar-refractivity contribution is 0.189. The molecule has 1 aliphatic heterocycles. The molecule has 2 N–H and O–H groups in total. The second-order valence-corrected chi connectivity index (χ2v) is 9.12. The number of pyridine rings is 1. The van der Waals surface area contributed by atoms with Gasteiger partial charge in [-0.1, -0.05) is 29.3 Å². The minimum atomic E-state index is -0.299. The van der Waals surface area contributed by atoms with E-state index in [9.17, 15) is 4.79 Å². The topological polar surface area (TPSA) is 86.5 Å². The van der Waals surface area contributed by atoms with Crippen LogP contribution >= 0.6 is 23.2 Å². The molecule has 0 bridgehead atoms. The number of para-hydroxylation sites is 1. The van der Waals surface area contributed by atoms with Crippen molar-refractivity contribution in [1.82, 2.24) is 19.4 Å². The highest BCUT2D eigenvalue weighted by molar-refractivity contribution is 6.37. The zero-order valence-corrected chi connectivity index (χ0v) is 20.4. The average Bonchev–Trinajstić information content (AvgIpc) is 2.86. The largest absolute Gasteiger partial charge is 0.395 e. The summed E-state index contributed by atoms with van der Waals surface area (Å²) in [4.78, 5) is 26.5. The van der Waals surface area contributed by atoms with Gasteiger partial charge in [0.2, 0.25) is 0 Å². The van der Waals surface area contributed by atoms with Crippen LogP contribution in [0, 0.1) is 0 Å². The number of anilines is 3. The molecule has 1 fully saturated rings. The molecule has 0 unspecified atom stereocenters. The minimum Gasteiger partial charge on any atom is -0.395 e. The van der Waals surface area contributed by atoms with Crippen molar-refractivity contribution in [2.24, 2.45) is 0 Å². The Hall–Kier alpha value is -3.17. The third-order valence-corrected chi connectivity index (χ3v) is 6.73. The molecule has 0 saturated carbocycles. The van der Waals surface area contributed by atoms with E-state index in [1.165, 1.54) is 17.1 Å². The molecule has 0 atom stereocenters.